The highest BCUT2D eigenvalue weighted by Gasteiger charge is 2.08. The van der Waals surface area contributed by atoms with Crippen molar-refractivity contribution in [1.29, 1.82) is 0 Å². The topological polar surface area (TPSA) is 88.1 Å². The molecule has 3 amide bonds. The minimum absolute atomic E-state index is 0.227. The second kappa shape index (κ2) is 9.84. The van der Waals surface area contributed by atoms with Crippen molar-refractivity contribution < 1.29 is 9.59 Å². The van der Waals surface area contributed by atoms with Crippen LogP contribution in [0.2, 0.25) is 0 Å². The number of anilines is 3. The molecule has 1 aromatic heterocycles. The van der Waals surface area contributed by atoms with Crippen LogP contribution in [0.25, 0.3) is 0 Å². The molecule has 160 valence electrons. The Morgan fingerprint density at radius 3 is 2.00 bits per heavy atom. The number of urea groups is 1. The average molecular weight is 444 g/mol. The third-order valence-corrected chi connectivity index (χ3v) is 5.62. The van der Waals surface area contributed by atoms with Gasteiger partial charge in [0.25, 0.3) is 5.91 Å². The van der Waals surface area contributed by atoms with E-state index in [1.54, 1.807) is 54.4 Å². The number of carbonyl (C=O) groups excluding carboxylic acids is 2. The summed E-state index contributed by atoms with van der Waals surface area (Å²) >= 11 is 1.55. The van der Waals surface area contributed by atoms with Gasteiger partial charge in [0.05, 0.1) is 0 Å². The van der Waals surface area contributed by atoms with E-state index in [1.165, 1.54) is 0 Å². The summed E-state index contributed by atoms with van der Waals surface area (Å²) in [6, 6.07) is 23.1. The normalized spacial score (nSPS) is 10.4. The fourth-order valence-corrected chi connectivity index (χ4v) is 3.69. The molecule has 1 heterocycles. The molecule has 4 aromatic rings. The van der Waals surface area contributed by atoms with Crippen LogP contribution in [0, 0.1) is 0 Å². The van der Waals surface area contributed by atoms with Gasteiger partial charge in [0.15, 0.2) is 5.16 Å². The molecular weight excluding hydrogens is 422 g/mol. The van der Waals surface area contributed by atoms with E-state index in [9.17, 15) is 9.59 Å². The van der Waals surface area contributed by atoms with E-state index < -0.39 is 0 Å². The molecule has 3 aromatic carbocycles. The fourth-order valence-electron chi connectivity index (χ4n) is 2.89. The van der Waals surface area contributed by atoms with Gasteiger partial charge >= 0.3 is 6.03 Å². The average Bonchev–Trinajstić information content (AvgIpc) is 3.20. The molecule has 0 aliphatic rings. The number of para-hydroxylation sites is 1. The molecule has 0 aliphatic heterocycles. The van der Waals surface area contributed by atoms with Crippen molar-refractivity contribution in [2.75, 3.05) is 16.0 Å². The highest BCUT2D eigenvalue weighted by molar-refractivity contribution is 7.99. The van der Waals surface area contributed by atoms with Gasteiger partial charge in [-0.2, -0.15) is 0 Å². The predicted octanol–water partition coefficient (Wildman–Crippen LogP) is 5.47. The molecule has 8 heteroatoms. The van der Waals surface area contributed by atoms with Crippen molar-refractivity contribution in [3.05, 3.63) is 96.8 Å². The number of imidazole rings is 1. The van der Waals surface area contributed by atoms with E-state index in [4.69, 9.17) is 0 Å². The van der Waals surface area contributed by atoms with Crippen molar-refractivity contribution >= 4 is 40.8 Å². The minimum atomic E-state index is -0.350. The molecule has 4 rings (SSSR count). The summed E-state index contributed by atoms with van der Waals surface area (Å²) in [7, 11) is 1.94. The predicted molar refractivity (Wildman–Crippen MR) is 127 cm³/mol. The van der Waals surface area contributed by atoms with E-state index in [1.807, 2.05) is 60.3 Å². The molecule has 0 fully saturated rings. The van der Waals surface area contributed by atoms with E-state index in [-0.39, 0.29) is 11.9 Å². The number of nitrogens with one attached hydrogen (secondary N) is 3. The zero-order valence-electron chi connectivity index (χ0n) is 17.3. The van der Waals surface area contributed by atoms with Crippen LogP contribution in [0.4, 0.5) is 21.9 Å². The Labute approximate surface area is 189 Å². The highest BCUT2D eigenvalue weighted by Crippen LogP contribution is 2.27. The van der Waals surface area contributed by atoms with Gasteiger partial charge in [-0.05, 0) is 60.7 Å². The maximum atomic E-state index is 12.5. The van der Waals surface area contributed by atoms with Crippen LogP contribution in [0.1, 0.15) is 10.4 Å². The van der Waals surface area contributed by atoms with E-state index >= 15 is 0 Å². The molecule has 0 saturated carbocycles. The summed E-state index contributed by atoms with van der Waals surface area (Å²) in [4.78, 5) is 29.9. The Balaban J connectivity index is 1.31. The summed E-state index contributed by atoms with van der Waals surface area (Å²) in [5.41, 5.74) is 2.48. The Hall–Kier alpha value is -4.04. The van der Waals surface area contributed by atoms with Crippen LogP contribution >= 0.6 is 11.8 Å². The molecule has 0 saturated heterocycles. The molecule has 0 atom stereocenters. The van der Waals surface area contributed by atoms with Crippen molar-refractivity contribution in [3.63, 3.8) is 0 Å². The quantitative estimate of drug-likeness (QED) is 0.369. The maximum absolute atomic E-state index is 12.5. The van der Waals surface area contributed by atoms with Crippen LogP contribution in [0.15, 0.2) is 101 Å². The number of carbonyl (C=O) groups is 2. The first-order valence-electron chi connectivity index (χ1n) is 9.86. The third-order valence-electron chi connectivity index (χ3n) is 4.53. The third kappa shape index (κ3) is 5.55. The van der Waals surface area contributed by atoms with Crippen molar-refractivity contribution in [2.45, 2.75) is 10.1 Å². The van der Waals surface area contributed by atoms with Gasteiger partial charge in [0.1, 0.15) is 0 Å². The summed E-state index contributed by atoms with van der Waals surface area (Å²) in [5.74, 6) is -0.227. The molecule has 32 heavy (non-hydrogen) atoms. The van der Waals surface area contributed by atoms with E-state index in [0.717, 1.165) is 10.1 Å². The first-order valence-corrected chi connectivity index (χ1v) is 10.7. The van der Waals surface area contributed by atoms with E-state index in [0.29, 0.717) is 22.6 Å². The largest absolute Gasteiger partial charge is 0.329 e. The minimum Gasteiger partial charge on any atom is -0.329 e. The van der Waals surface area contributed by atoms with Crippen LogP contribution in [0.5, 0.6) is 0 Å². The van der Waals surface area contributed by atoms with Crippen molar-refractivity contribution in [2.24, 2.45) is 7.05 Å². The monoisotopic (exact) mass is 443 g/mol. The lowest BCUT2D eigenvalue weighted by Crippen LogP contribution is -2.19. The van der Waals surface area contributed by atoms with Crippen molar-refractivity contribution in [3.8, 4) is 0 Å². The second-order valence-corrected chi connectivity index (χ2v) is 7.96. The molecule has 0 spiro atoms. The molecule has 0 unspecified atom stereocenters. The number of aromatic nitrogens is 2. The standard InChI is InChI=1S/C24H21N5O2S/c1-29-16-15-25-24(29)32-21-13-11-19(12-14-21)26-22(30)17-7-9-20(10-8-17)28-23(31)27-18-5-3-2-4-6-18/h2-16H,1H3,(H,26,30)(H2,27,28,31). The molecule has 0 aliphatic carbocycles. The highest BCUT2D eigenvalue weighted by atomic mass is 32.2. The first-order chi connectivity index (χ1) is 15.6. The number of nitrogens with zero attached hydrogens (tertiary/aromatic N) is 2. The number of rotatable bonds is 6. The molecule has 0 bridgehead atoms. The Bertz CT molecular complexity index is 1210. The Morgan fingerprint density at radius 2 is 1.38 bits per heavy atom. The number of hydrogen-bond acceptors (Lipinski definition) is 4. The number of aryl methyl sites for hydroxylation is 1. The van der Waals surface area contributed by atoms with Gasteiger partial charge in [-0.25, -0.2) is 9.78 Å². The lowest BCUT2D eigenvalue weighted by atomic mass is 10.2. The number of hydrogen-bond donors (Lipinski definition) is 3. The second-order valence-electron chi connectivity index (χ2n) is 6.92. The summed E-state index contributed by atoms with van der Waals surface area (Å²) < 4.78 is 1.95. The SMILES string of the molecule is Cn1ccnc1Sc1ccc(NC(=O)c2ccc(NC(=O)Nc3ccccc3)cc2)cc1. The van der Waals surface area contributed by atoms with Crippen LogP contribution < -0.4 is 16.0 Å². The van der Waals surface area contributed by atoms with Crippen LogP contribution in [-0.4, -0.2) is 21.5 Å². The first kappa shape index (κ1) is 21.2. The smallest absolute Gasteiger partial charge is 0.323 e. The fraction of sp³-hybridized carbons (Fsp3) is 0.0417. The zero-order valence-corrected chi connectivity index (χ0v) is 18.1. The van der Waals surface area contributed by atoms with Crippen LogP contribution in [0.3, 0.4) is 0 Å². The van der Waals surface area contributed by atoms with Gasteiger partial charge in [-0.1, -0.05) is 30.0 Å². The summed E-state index contributed by atoms with van der Waals surface area (Å²) in [5, 5.41) is 9.26. The maximum Gasteiger partial charge on any atom is 0.323 e. The van der Waals surface area contributed by atoms with E-state index in [2.05, 4.69) is 20.9 Å². The lowest BCUT2D eigenvalue weighted by Gasteiger charge is -2.09. The van der Waals surface area contributed by atoms with Gasteiger partial charge in [0, 0.05) is 47.0 Å². The molecule has 3 N–H and O–H groups in total. The number of amides is 3. The van der Waals surface area contributed by atoms with Gasteiger partial charge in [0.2, 0.25) is 0 Å². The lowest BCUT2D eigenvalue weighted by molar-refractivity contribution is 0.102. The van der Waals surface area contributed by atoms with Gasteiger partial charge < -0.3 is 20.5 Å². The van der Waals surface area contributed by atoms with Crippen LogP contribution in [-0.2, 0) is 7.05 Å². The Kier molecular flexibility index (Phi) is 6.52. The number of benzene rings is 3. The molecular formula is C24H21N5O2S. The molecule has 7 nitrogen and oxygen atoms in total. The Morgan fingerprint density at radius 1 is 0.781 bits per heavy atom. The summed E-state index contributed by atoms with van der Waals surface area (Å²) in [6.07, 6.45) is 3.65. The van der Waals surface area contributed by atoms with Gasteiger partial charge in [-0.15, -0.1) is 0 Å². The van der Waals surface area contributed by atoms with Gasteiger partial charge in [-0.3, -0.25) is 4.79 Å². The zero-order chi connectivity index (χ0) is 22.3. The van der Waals surface area contributed by atoms with Crippen molar-refractivity contribution in [1.82, 2.24) is 9.55 Å². The molecule has 0 radical (unpaired) electrons. The summed E-state index contributed by atoms with van der Waals surface area (Å²) in [6.45, 7) is 0.